The molecule has 0 spiro atoms. The zero-order chi connectivity index (χ0) is 11.7. The number of piperidine rings is 1. The lowest BCUT2D eigenvalue weighted by atomic mass is 9.91. The van der Waals surface area contributed by atoms with Gasteiger partial charge in [0.15, 0.2) is 5.58 Å². The van der Waals surface area contributed by atoms with Crippen LogP contribution in [0.3, 0.4) is 0 Å². The van der Waals surface area contributed by atoms with Crippen molar-refractivity contribution in [3.05, 3.63) is 29.5 Å². The van der Waals surface area contributed by atoms with Gasteiger partial charge in [-0.25, -0.2) is 0 Å². The fraction of sp³-hybridized carbons (Fsp3) is 0.500. The zero-order valence-corrected chi connectivity index (χ0v) is 10.2. The number of aromatic nitrogens is 1. The van der Waals surface area contributed by atoms with E-state index < -0.39 is 0 Å². The normalized spacial score (nSPS) is 20.9. The van der Waals surface area contributed by atoms with Gasteiger partial charge in [-0.1, -0.05) is 17.3 Å². The molecule has 0 aliphatic carbocycles. The van der Waals surface area contributed by atoms with Crippen LogP contribution in [0.4, 0.5) is 0 Å². The second-order valence-corrected chi connectivity index (χ2v) is 4.98. The summed E-state index contributed by atoms with van der Waals surface area (Å²) in [5.74, 6) is 0.736. The number of nitrogens with one attached hydrogen (secondary N) is 1. The molecule has 0 bridgehead atoms. The molecule has 1 unspecified atom stereocenters. The molecule has 1 aliphatic rings. The summed E-state index contributed by atoms with van der Waals surface area (Å²) in [7, 11) is 0. The molecule has 1 aliphatic heterocycles. The molecule has 3 heteroatoms. The minimum atomic E-state index is 0.736. The van der Waals surface area contributed by atoms with E-state index >= 15 is 0 Å². The molecule has 1 atom stereocenters. The summed E-state index contributed by atoms with van der Waals surface area (Å²) in [6, 6.07) is 6.36. The summed E-state index contributed by atoms with van der Waals surface area (Å²) >= 11 is 0. The van der Waals surface area contributed by atoms with Crippen molar-refractivity contribution in [3.8, 4) is 0 Å². The van der Waals surface area contributed by atoms with E-state index in [1.165, 1.54) is 24.9 Å². The fourth-order valence-electron chi connectivity index (χ4n) is 2.71. The molecule has 90 valence electrons. The minimum absolute atomic E-state index is 0.736. The molecule has 1 aromatic carbocycles. The zero-order valence-electron chi connectivity index (χ0n) is 10.2. The molecule has 2 heterocycles. The van der Waals surface area contributed by atoms with Gasteiger partial charge >= 0.3 is 0 Å². The van der Waals surface area contributed by atoms with Gasteiger partial charge in [-0.05, 0) is 56.8 Å². The van der Waals surface area contributed by atoms with Crippen LogP contribution < -0.4 is 5.32 Å². The number of rotatable bonds is 2. The highest BCUT2D eigenvalue weighted by Crippen LogP contribution is 2.25. The van der Waals surface area contributed by atoms with Gasteiger partial charge in [0.1, 0.15) is 0 Å². The Kier molecular flexibility index (Phi) is 2.85. The monoisotopic (exact) mass is 230 g/mol. The molecule has 0 saturated carbocycles. The highest BCUT2D eigenvalue weighted by Gasteiger charge is 2.16. The third kappa shape index (κ3) is 2.07. The number of benzene rings is 1. The number of fused-ring (bicyclic) bond motifs is 1. The number of hydrogen-bond acceptors (Lipinski definition) is 3. The van der Waals surface area contributed by atoms with Gasteiger partial charge in [-0.3, -0.25) is 0 Å². The van der Waals surface area contributed by atoms with Crippen LogP contribution in [0.5, 0.6) is 0 Å². The maximum absolute atomic E-state index is 5.45. The van der Waals surface area contributed by atoms with Crippen molar-refractivity contribution in [1.82, 2.24) is 10.5 Å². The van der Waals surface area contributed by atoms with Crippen molar-refractivity contribution < 1.29 is 4.52 Å². The average molecular weight is 230 g/mol. The van der Waals surface area contributed by atoms with Gasteiger partial charge in [0.2, 0.25) is 0 Å². The summed E-state index contributed by atoms with van der Waals surface area (Å²) in [6.45, 7) is 4.30. The predicted molar refractivity (Wildman–Crippen MR) is 68.0 cm³/mol. The molecule has 1 N–H and O–H groups in total. The van der Waals surface area contributed by atoms with Crippen LogP contribution in [0.2, 0.25) is 0 Å². The molecule has 1 saturated heterocycles. The lowest BCUT2D eigenvalue weighted by Crippen LogP contribution is -2.30. The van der Waals surface area contributed by atoms with Crippen LogP contribution in [0, 0.1) is 12.8 Å². The minimum Gasteiger partial charge on any atom is -0.356 e. The van der Waals surface area contributed by atoms with Crippen molar-refractivity contribution in [1.29, 1.82) is 0 Å². The largest absolute Gasteiger partial charge is 0.356 e. The molecular formula is C14H18N2O. The molecule has 3 rings (SSSR count). The Bertz CT molecular complexity index is 512. The fourth-order valence-corrected chi connectivity index (χ4v) is 2.71. The van der Waals surface area contributed by atoms with Crippen LogP contribution in [0.25, 0.3) is 11.0 Å². The first-order chi connectivity index (χ1) is 8.34. The van der Waals surface area contributed by atoms with Crippen LogP contribution >= 0.6 is 0 Å². The van der Waals surface area contributed by atoms with Crippen LogP contribution in [-0.4, -0.2) is 18.2 Å². The Morgan fingerprint density at radius 3 is 3.24 bits per heavy atom. The molecular weight excluding hydrogens is 212 g/mol. The molecule has 1 fully saturated rings. The van der Waals surface area contributed by atoms with Crippen LogP contribution in [0.15, 0.2) is 22.7 Å². The first-order valence-electron chi connectivity index (χ1n) is 6.39. The van der Waals surface area contributed by atoms with Crippen LogP contribution in [0.1, 0.15) is 24.1 Å². The molecule has 17 heavy (non-hydrogen) atoms. The van der Waals surface area contributed by atoms with E-state index in [2.05, 4.69) is 28.7 Å². The predicted octanol–water partition coefficient (Wildman–Crippen LogP) is 2.68. The van der Waals surface area contributed by atoms with Gasteiger partial charge in [-0.15, -0.1) is 0 Å². The molecule has 0 amide bonds. The third-order valence-corrected chi connectivity index (χ3v) is 3.67. The SMILES string of the molecule is Cc1noc2c(CC3CCCNC3)cccc12. The van der Waals surface area contributed by atoms with Gasteiger partial charge < -0.3 is 9.84 Å². The number of para-hydroxylation sites is 1. The van der Waals surface area contributed by atoms with Gasteiger partial charge in [-0.2, -0.15) is 0 Å². The second kappa shape index (κ2) is 4.49. The Morgan fingerprint density at radius 2 is 2.41 bits per heavy atom. The number of hydrogen-bond donors (Lipinski definition) is 1. The third-order valence-electron chi connectivity index (χ3n) is 3.67. The van der Waals surface area contributed by atoms with E-state index in [0.29, 0.717) is 0 Å². The Labute approximate surface area is 101 Å². The second-order valence-electron chi connectivity index (χ2n) is 4.98. The Hall–Kier alpha value is -1.35. The summed E-state index contributed by atoms with van der Waals surface area (Å²) in [4.78, 5) is 0. The standard InChI is InChI=1S/C14H18N2O/c1-10-13-6-2-5-12(14(13)17-16-10)8-11-4-3-7-15-9-11/h2,5-6,11,15H,3-4,7-9H2,1H3. The summed E-state index contributed by atoms with van der Waals surface area (Å²) in [5, 5.41) is 8.68. The van der Waals surface area contributed by atoms with Crippen molar-refractivity contribution in [2.75, 3.05) is 13.1 Å². The maximum Gasteiger partial charge on any atom is 0.170 e. The topological polar surface area (TPSA) is 38.1 Å². The van der Waals surface area contributed by atoms with Crippen molar-refractivity contribution in [2.45, 2.75) is 26.2 Å². The van der Waals surface area contributed by atoms with Crippen molar-refractivity contribution in [2.24, 2.45) is 5.92 Å². The Balaban J connectivity index is 1.89. The number of aryl methyl sites for hydroxylation is 1. The van der Waals surface area contributed by atoms with Crippen LogP contribution in [-0.2, 0) is 6.42 Å². The van der Waals surface area contributed by atoms with Gasteiger partial charge in [0.25, 0.3) is 0 Å². The maximum atomic E-state index is 5.45. The molecule has 3 nitrogen and oxygen atoms in total. The quantitative estimate of drug-likeness (QED) is 0.862. The molecule has 1 aromatic heterocycles. The lowest BCUT2D eigenvalue weighted by molar-refractivity contribution is 0.373. The first-order valence-corrected chi connectivity index (χ1v) is 6.39. The van der Waals surface area contributed by atoms with Crippen molar-refractivity contribution in [3.63, 3.8) is 0 Å². The van der Waals surface area contributed by atoms with Gasteiger partial charge in [0, 0.05) is 5.39 Å². The first kappa shape index (κ1) is 10.8. The summed E-state index contributed by atoms with van der Waals surface area (Å²) < 4.78 is 5.45. The summed E-state index contributed by atoms with van der Waals surface area (Å²) in [6.07, 6.45) is 3.70. The highest BCUT2D eigenvalue weighted by atomic mass is 16.5. The average Bonchev–Trinajstić information content (AvgIpc) is 2.74. The van der Waals surface area contributed by atoms with E-state index in [1.54, 1.807) is 0 Å². The van der Waals surface area contributed by atoms with Crippen molar-refractivity contribution >= 4 is 11.0 Å². The van der Waals surface area contributed by atoms with E-state index in [9.17, 15) is 0 Å². The highest BCUT2D eigenvalue weighted by molar-refractivity contribution is 5.82. The van der Waals surface area contributed by atoms with E-state index in [0.717, 1.165) is 35.5 Å². The summed E-state index contributed by atoms with van der Waals surface area (Å²) in [5.41, 5.74) is 3.27. The number of nitrogens with zero attached hydrogens (tertiary/aromatic N) is 1. The molecule has 0 radical (unpaired) electrons. The smallest absolute Gasteiger partial charge is 0.170 e. The molecule has 2 aromatic rings. The van der Waals surface area contributed by atoms with E-state index in [1.807, 2.05) is 6.92 Å². The van der Waals surface area contributed by atoms with E-state index in [4.69, 9.17) is 4.52 Å². The van der Waals surface area contributed by atoms with E-state index in [-0.39, 0.29) is 0 Å². The van der Waals surface area contributed by atoms with Gasteiger partial charge in [0.05, 0.1) is 5.69 Å². The lowest BCUT2D eigenvalue weighted by Gasteiger charge is -2.22. The Morgan fingerprint density at radius 1 is 1.47 bits per heavy atom.